The van der Waals surface area contributed by atoms with E-state index in [0.717, 1.165) is 15.8 Å². The Morgan fingerprint density at radius 2 is 1.96 bits per heavy atom. The largest absolute Gasteiger partial charge is 0.496 e. The van der Waals surface area contributed by atoms with E-state index in [1.54, 1.807) is 25.3 Å². The van der Waals surface area contributed by atoms with Gasteiger partial charge in [0.2, 0.25) is 5.90 Å². The molecule has 5 nitrogen and oxygen atoms in total. The molecule has 0 N–H and O–H groups in total. The van der Waals surface area contributed by atoms with Gasteiger partial charge in [-0.2, -0.15) is 0 Å². The Balaban J connectivity index is 1.91. The first-order valence-electron chi connectivity index (χ1n) is 7.70. The van der Waals surface area contributed by atoms with Crippen LogP contribution in [0.25, 0.3) is 6.08 Å². The Morgan fingerprint density at radius 3 is 2.64 bits per heavy atom. The van der Waals surface area contributed by atoms with Crippen molar-refractivity contribution < 1.29 is 19.0 Å². The molecule has 0 saturated heterocycles. The molecule has 1 heterocycles. The molecule has 6 heteroatoms. The van der Waals surface area contributed by atoms with E-state index in [4.69, 9.17) is 14.2 Å². The number of hydrogen-bond acceptors (Lipinski definition) is 5. The molecule has 0 atom stereocenters. The fraction of sp³-hybridized carbons (Fsp3) is 0.158. The van der Waals surface area contributed by atoms with Gasteiger partial charge in [0, 0.05) is 15.6 Å². The van der Waals surface area contributed by atoms with Gasteiger partial charge in [0.05, 0.1) is 13.7 Å². The molecular formula is C19H16BrNO4. The van der Waals surface area contributed by atoms with Crippen molar-refractivity contribution in [2.45, 2.75) is 6.92 Å². The van der Waals surface area contributed by atoms with E-state index in [1.165, 1.54) is 0 Å². The highest BCUT2D eigenvalue weighted by atomic mass is 79.9. The summed E-state index contributed by atoms with van der Waals surface area (Å²) in [6.45, 7) is 2.51. The molecule has 0 bridgehead atoms. The van der Waals surface area contributed by atoms with Gasteiger partial charge in [0.25, 0.3) is 0 Å². The summed E-state index contributed by atoms with van der Waals surface area (Å²) in [5, 5.41) is 0. The SMILES string of the molecule is CCOc1ccc(C2=N/C(=C/c3cc(Br)ccc3OC)C(=O)O2)cc1. The van der Waals surface area contributed by atoms with Gasteiger partial charge in [-0.15, -0.1) is 0 Å². The predicted octanol–water partition coefficient (Wildman–Crippen LogP) is 4.20. The highest BCUT2D eigenvalue weighted by Gasteiger charge is 2.24. The minimum absolute atomic E-state index is 0.222. The van der Waals surface area contributed by atoms with Crippen molar-refractivity contribution in [2.24, 2.45) is 4.99 Å². The van der Waals surface area contributed by atoms with Crippen LogP contribution in [-0.2, 0) is 9.53 Å². The van der Waals surface area contributed by atoms with Crippen LogP contribution in [0.1, 0.15) is 18.1 Å². The number of halogens is 1. The first-order chi connectivity index (χ1) is 12.1. The lowest BCUT2D eigenvalue weighted by Gasteiger charge is -2.04. The van der Waals surface area contributed by atoms with Crippen LogP contribution in [-0.4, -0.2) is 25.6 Å². The molecule has 128 valence electrons. The molecule has 2 aromatic rings. The van der Waals surface area contributed by atoms with Crippen LogP contribution in [0.5, 0.6) is 11.5 Å². The van der Waals surface area contributed by atoms with Gasteiger partial charge >= 0.3 is 5.97 Å². The van der Waals surface area contributed by atoms with E-state index in [2.05, 4.69) is 20.9 Å². The fourth-order valence-corrected chi connectivity index (χ4v) is 2.74. The monoisotopic (exact) mass is 401 g/mol. The number of hydrogen-bond donors (Lipinski definition) is 0. The van der Waals surface area contributed by atoms with Crippen LogP contribution in [0.4, 0.5) is 0 Å². The topological polar surface area (TPSA) is 57.1 Å². The van der Waals surface area contributed by atoms with Crippen LogP contribution in [0.3, 0.4) is 0 Å². The number of aliphatic imine (C=N–C) groups is 1. The zero-order chi connectivity index (χ0) is 17.8. The third-order valence-electron chi connectivity index (χ3n) is 3.52. The predicted molar refractivity (Wildman–Crippen MR) is 98.9 cm³/mol. The number of carbonyl (C=O) groups is 1. The number of esters is 1. The second-order valence-electron chi connectivity index (χ2n) is 5.18. The van der Waals surface area contributed by atoms with Gasteiger partial charge in [0.15, 0.2) is 5.70 Å². The summed E-state index contributed by atoms with van der Waals surface area (Å²) in [5.41, 5.74) is 1.67. The molecule has 2 aromatic carbocycles. The van der Waals surface area contributed by atoms with Crippen molar-refractivity contribution in [3.8, 4) is 11.5 Å². The lowest BCUT2D eigenvalue weighted by atomic mass is 10.1. The van der Waals surface area contributed by atoms with Crippen molar-refractivity contribution in [1.29, 1.82) is 0 Å². The highest BCUT2D eigenvalue weighted by molar-refractivity contribution is 9.10. The first kappa shape index (κ1) is 17.2. The van der Waals surface area contributed by atoms with Gasteiger partial charge in [-0.3, -0.25) is 0 Å². The Hall–Kier alpha value is -2.60. The fourth-order valence-electron chi connectivity index (χ4n) is 2.36. The molecule has 25 heavy (non-hydrogen) atoms. The molecule has 0 radical (unpaired) electrons. The van der Waals surface area contributed by atoms with Crippen molar-refractivity contribution in [3.63, 3.8) is 0 Å². The second kappa shape index (κ2) is 7.53. The van der Waals surface area contributed by atoms with Gasteiger partial charge < -0.3 is 14.2 Å². The maximum Gasteiger partial charge on any atom is 0.363 e. The molecule has 0 spiro atoms. The number of carbonyl (C=O) groups excluding carboxylic acids is 1. The number of methoxy groups -OCH3 is 1. The second-order valence-corrected chi connectivity index (χ2v) is 6.10. The normalized spacial score (nSPS) is 15.1. The summed E-state index contributed by atoms with van der Waals surface area (Å²) >= 11 is 3.41. The maximum absolute atomic E-state index is 12.1. The molecule has 1 aliphatic heterocycles. The first-order valence-corrected chi connectivity index (χ1v) is 8.49. The molecule has 3 rings (SSSR count). The average molecular weight is 402 g/mol. The molecule has 0 saturated carbocycles. The smallest absolute Gasteiger partial charge is 0.363 e. The Labute approximate surface area is 154 Å². The number of cyclic esters (lactones) is 1. The quantitative estimate of drug-likeness (QED) is 0.556. The lowest BCUT2D eigenvalue weighted by molar-refractivity contribution is -0.129. The highest BCUT2D eigenvalue weighted by Crippen LogP contribution is 2.27. The van der Waals surface area contributed by atoms with Gasteiger partial charge in [0.1, 0.15) is 11.5 Å². The Bertz CT molecular complexity index is 856. The van der Waals surface area contributed by atoms with Gasteiger partial charge in [-0.1, -0.05) is 15.9 Å². The molecule has 0 amide bonds. The molecule has 0 unspecified atom stereocenters. The average Bonchev–Trinajstić information content (AvgIpc) is 2.97. The Morgan fingerprint density at radius 1 is 1.20 bits per heavy atom. The zero-order valence-corrected chi connectivity index (χ0v) is 15.4. The van der Waals surface area contributed by atoms with Crippen LogP contribution in [0.2, 0.25) is 0 Å². The van der Waals surface area contributed by atoms with Crippen LogP contribution in [0.15, 0.2) is 57.6 Å². The minimum Gasteiger partial charge on any atom is -0.496 e. The summed E-state index contributed by atoms with van der Waals surface area (Å²) in [7, 11) is 1.58. The maximum atomic E-state index is 12.1. The number of ether oxygens (including phenoxy) is 3. The molecule has 0 aliphatic carbocycles. The summed E-state index contributed by atoms with van der Waals surface area (Å²) in [6, 6.07) is 12.8. The van der Waals surface area contributed by atoms with E-state index in [9.17, 15) is 4.79 Å². The van der Waals surface area contributed by atoms with E-state index < -0.39 is 5.97 Å². The van der Waals surface area contributed by atoms with E-state index >= 15 is 0 Å². The Kier molecular flexibility index (Phi) is 5.19. The van der Waals surface area contributed by atoms with Gasteiger partial charge in [-0.25, -0.2) is 9.79 Å². The standard InChI is InChI=1S/C19H16BrNO4/c1-3-24-15-7-4-12(5-8-15)18-21-16(19(22)25-18)11-13-10-14(20)6-9-17(13)23-2/h4-11H,3H2,1-2H3/b16-11+. The van der Waals surface area contributed by atoms with Crippen LogP contribution < -0.4 is 9.47 Å². The molecule has 0 aromatic heterocycles. The van der Waals surface area contributed by atoms with E-state index in [0.29, 0.717) is 17.9 Å². The van der Waals surface area contributed by atoms with Crippen molar-refractivity contribution in [3.05, 3.63) is 63.8 Å². The van der Waals surface area contributed by atoms with E-state index in [1.807, 2.05) is 37.3 Å². The summed E-state index contributed by atoms with van der Waals surface area (Å²) in [5.74, 6) is 1.18. The van der Waals surface area contributed by atoms with Gasteiger partial charge in [-0.05, 0) is 55.5 Å². The van der Waals surface area contributed by atoms with Crippen molar-refractivity contribution in [1.82, 2.24) is 0 Å². The number of nitrogens with zero attached hydrogens (tertiary/aromatic N) is 1. The number of benzene rings is 2. The summed E-state index contributed by atoms with van der Waals surface area (Å²) < 4.78 is 16.9. The third-order valence-corrected chi connectivity index (χ3v) is 4.01. The summed E-state index contributed by atoms with van der Waals surface area (Å²) in [6.07, 6.45) is 1.65. The lowest BCUT2D eigenvalue weighted by Crippen LogP contribution is -2.05. The summed E-state index contributed by atoms with van der Waals surface area (Å²) in [4.78, 5) is 16.4. The van der Waals surface area contributed by atoms with E-state index in [-0.39, 0.29) is 11.6 Å². The molecule has 0 fully saturated rings. The molecular weight excluding hydrogens is 386 g/mol. The minimum atomic E-state index is -0.495. The number of rotatable bonds is 5. The van der Waals surface area contributed by atoms with Crippen molar-refractivity contribution >= 4 is 33.9 Å². The zero-order valence-electron chi connectivity index (χ0n) is 13.8. The van der Waals surface area contributed by atoms with Crippen LogP contribution in [0, 0.1) is 0 Å². The van der Waals surface area contributed by atoms with Crippen molar-refractivity contribution in [2.75, 3.05) is 13.7 Å². The third kappa shape index (κ3) is 3.91. The van der Waals surface area contributed by atoms with Crippen LogP contribution >= 0.6 is 15.9 Å². The molecule has 1 aliphatic rings.